The molecule has 0 aromatic heterocycles. The van der Waals surface area contributed by atoms with Crippen LogP contribution in [0.2, 0.25) is 0 Å². The molecule has 0 aliphatic heterocycles. The van der Waals surface area contributed by atoms with E-state index >= 15 is 0 Å². The molecule has 0 fully saturated rings. The van der Waals surface area contributed by atoms with Crippen LogP contribution >= 0.6 is 0 Å². The third kappa shape index (κ3) is 50.0. The third-order valence-corrected chi connectivity index (χ3v) is 11.2. The molecular weight excluding hydrogens is 765 g/mol. The minimum Gasteiger partial charge on any atom is -0.462 e. The average Bonchev–Trinajstić information content (AvgIpc) is 3.27. The van der Waals surface area contributed by atoms with Crippen molar-refractivity contribution in [1.82, 2.24) is 0 Å². The summed E-state index contributed by atoms with van der Waals surface area (Å²) < 4.78 is 17.4. The van der Waals surface area contributed by atoms with Crippen molar-refractivity contribution in [3.05, 3.63) is 72.9 Å². The molecule has 5 nitrogen and oxygen atoms in total. The van der Waals surface area contributed by atoms with E-state index in [0.717, 1.165) is 83.5 Å². The van der Waals surface area contributed by atoms with E-state index in [4.69, 9.17) is 14.2 Å². The van der Waals surface area contributed by atoms with Crippen LogP contribution in [-0.2, 0) is 23.8 Å². The SMILES string of the molecule is CC/C=C\C/C=C\C/C=C\C/C=C\C/C=C\CCCCCC(=O)OCC(COCCCCCCCC/C=C\CCCCCCCC)OC(=O)CCCCCCCCCCCCC. The normalized spacial score (nSPS) is 12.8. The Labute approximate surface area is 385 Å². The smallest absolute Gasteiger partial charge is 0.306 e. The molecule has 0 aliphatic carbocycles. The highest BCUT2D eigenvalue weighted by atomic mass is 16.6. The van der Waals surface area contributed by atoms with Crippen molar-refractivity contribution in [2.24, 2.45) is 0 Å². The molecule has 0 aromatic carbocycles. The molecule has 0 radical (unpaired) electrons. The van der Waals surface area contributed by atoms with Gasteiger partial charge in [-0.1, -0.05) is 222 Å². The van der Waals surface area contributed by atoms with Crippen LogP contribution in [0.15, 0.2) is 72.9 Å². The zero-order chi connectivity index (χ0) is 44.9. The number of rotatable bonds is 48. The van der Waals surface area contributed by atoms with Gasteiger partial charge in [0.2, 0.25) is 0 Å². The summed E-state index contributed by atoms with van der Waals surface area (Å²) in [5.41, 5.74) is 0. The fraction of sp³-hybridized carbons (Fsp3) is 0.754. The number of allylic oxidation sites excluding steroid dienone is 12. The highest BCUT2D eigenvalue weighted by Crippen LogP contribution is 2.14. The number of hydrogen-bond acceptors (Lipinski definition) is 5. The molecule has 0 saturated carbocycles. The van der Waals surface area contributed by atoms with Gasteiger partial charge in [0, 0.05) is 19.4 Å². The van der Waals surface area contributed by atoms with Gasteiger partial charge in [-0.3, -0.25) is 9.59 Å². The number of hydrogen-bond donors (Lipinski definition) is 0. The number of carbonyl (C=O) groups is 2. The van der Waals surface area contributed by atoms with Crippen LogP contribution in [0.1, 0.15) is 252 Å². The van der Waals surface area contributed by atoms with Gasteiger partial charge < -0.3 is 14.2 Å². The zero-order valence-electron chi connectivity index (χ0n) is 41.1. The van der Waals surface area contributed by atoms with Crippen molar-refractivity contribution in [1.29, 1.82) is 0 Å². The van der Waals surface area contributed by atoms with E-state index in [0.29, 0.717) is 19.4 Å². The first-order valence-corrected chi connectivity index (χ1v) is 26.5. The summed E-state index contributed by atoms with van der Waals surface area (Å²) in [5, 5.41) is 0. The molecule has 62 heavy (non-hydrogen) atoms. The molecule has 0 bridgehead atoms. The second-order valence-electron chi connectivity index (χ2n) is 17.4. The van der Waals surface area contributed by atoms with Gasteiger partial charge in [0.15, 0.2) is 6.10 Å². The third-order valence-electron chi connectivity index (χ3n) is 11.2. The number of carbonyl (C=O) groups excluding carboxylic acids is 2. The molecule has 0 saturated heterocycles. The number of esters is 2. The first kappa shape index (κ1) is 59.3. The standard InChI is InChI=1S/C57H100O5/c1-4-7-10-13-16-19-22-24-26-28-29-30-31-33-36-38-41-44-47-50-56(58)61-54-55(62-57(59)51-48-45-42-39-35-21-18-15-12-9-6-3)53-60-52-49-46-43-40-37-34-32-27-25-23-20-17-14-11-8-5-2/h7,10,16,19,24-27,29-30,33,36,55H,4-6,8-9,11-15,17-18,20-23,28,31-32,34-35,37-54H2,1-3H3/b10-7-,19-16-,26-24-,27-25-,30-29-,36-33-. The van der Waals surface area contributed by atoms with E-state index in [-0.39, 0.29) is 25.2 Å². The van der Waals surface area contributed by atoms with Crippen molar-refractivity contribution in [3.8, 4) is 0 Å². The average molecular weight is 865 g/mol. The van der Waals surface area contributed by atoms with Gasteiger partial charge in [0.05, 0.1) is 6.61 Å². The van der Waals surface area contributed by atoms with Crippen molar-refractivity contribution in [2.45, 2.75) is 258 Å². The lowest BCUT2D eigenvalue weighted by molar-refractivity contribution is -0.163. The van der Waals surface area contributed by atoms with Crippen molar-refractivity contribution < 1.29 is 23.8 Å². The summed E-state index contributed by atoms with van der Waals surface area (Å²) in [6.45, 7) is 7.67. The van der Waals surface area contributed by atoms with Crippen LogP contribution in [0.4, 0.5) is 0 Å². The van der Waals surface area contributed by atoms with Gasteiger partial charge in [0.1, 0.15) is 6.61 Å². The van der Waals surface area contributed by atoms with Gasteiger partial charge in [-0.2, -0.15) is 0 Å². The quantitative estimate of drug-likeness (QED) is 0.0346. The number of ether oxygens (including phenoxy) is 3. The second kappa shape index (κ2) is 52.7. The maximum Gasteiger partial charge on any atom is 0.306 e. The van der Waals surface area contributed by atoms with Crippen LogP contribution in [0.3, 0.4) is 0 Å². The van der Waals surface area contributed by atoms with Crippen molar-refractivity contribution in [2.75, 3.05) is 19.8 Å². The molecule has 358 valence electrons. The minimum atomic E-state index is -0.552. The summed E-state index contributed by atoms with van der Waals surface area (Å²) in [4.78, 5) is 25.4. The molecule has 0 spiro atoms. The van der Waals surface area contributed by atoms with Crippen LogP contribution in [0.5, 0.6) is 0 Å². The van der Waals surface area contributed by atoms with Gasteiger partial charge in [0.25, 0.3) is 0 Å². The molecule has 1 atom stereocenters. The van der Waals surface area contributed by atoms with E-state index in [9.17, 15) is 9.59 Å². The van der Waals surface area contributed by atoms with Crippen molar-refractivity contribution in [3.63, 3.8) is 0 Å². The molecule has 0 heterocycles. The Kier molecular flexibility index (Phi) is 50.4. The van der Waals surface area contributed by atoms with Crippen LogP contribution in [0, 0.1) is 0 Å². The number of unbranched alkanes of at least 4 members (excludes halogenated alkanes) is 25. The Morgan fingerprint density at radius 2 is 0.726 bits per heavy atom. The van der Waals surface area contributed by atoms with Gasteiger partial charge in [-0.05, 0) is 89.9 Å². The zero-order valence-corrected chi connectivity index (χ0v) is 41.1. The molecule has 0 aliphatic rings. The summed E-state index contributed by atoms with van der Waals surface area (Å²) in [6, 6.07) is 0. The van der Waals surface area contributed by atoms with E-state index in [1.165, 1.54) is 135 Å². The molecule has 0 amide bonds. The van der Waals surface area contributed by atoms with E-state index in [1.54, 1.807) is 0 Å². The molecular formula is C57H100O5. The summed E-state index contributed by atoms with van der Waals surface area (Å²) in [5.74, 6) is -0.433. The monoisotopic (exact) mass is 865 g/mol. The maximum absolute atomic E-state index is 12.8. The lowest BCUT2D eigenvalue weighted by atomic mass is 10.1. The molecule has 0 N–H and O–H groups in total. The first-order valence-electron chi connectivity index (χ1n) is 26.5. The Hall–Kier alpha value is -2.66. The molecule has 5 heteroatoms. The van der Waals surface area contributed by atoms with Gasteiger partial charge in [-0.25, -0.2) is 0 Å². The summed E-state index contributed by atoms with van der Waals surface area (Å²) in [6.07, 6.45) is 67.7. The fourth-order valence-corrected chi connectivity index (χ4v) is 7.30. The maximum atomic E-state index is 12.8. The van der Waals surface area contributed by atoms with Crippen LogP contribution in [-0.4, -0.2) is 37.9 Å². The predicted octanol–water partition coefficient (Wildman–Crippen LogP) is 17.9. The fourth-order valence-electron chi connectivity index (χ4n) is 7.30. The van der Waals surface area contributed by atoms with Crippen LogP contribution in [0.25, 0.3) is 0 Å². The van der Waals surface area contributed by atoms with Crippen molar-refractivity contribution >= 4 is 11.9 Å². The Morgan fingerprint density at radius 1 is 0.371 bits per heavy atom. The van der Waals surface area contributed by atoms with E-state index in [1.807, 2.05) is 0 Å². The lowest BCUT2D eigenvalue weighted by Crippen LogP contribution is -2.30. The Bertz CT molecular complexity index is 1110. The predicted molar refractivity (Wildman–Crippen MR) is 270 cm³/mol. The Balaban J connectivity index is 4.30. The summed E-state index contributed by atoms with van der Waals surface area (Å²) in [7, 11) is 0. The van der Waals surface area contributed by atoms with E-state index < -0.39 is 6.10 Å². The lowest BCUT2D eigenvalue weighted by Gasteiger charge is -2.18. The molecule has 1 unspecified atom stereocenters. The second-order valence-corrected chi connectivity index (χ2v) is 17.4. The highest BCUT2D eigenvalue weighted by molar-refractivity contribution is 5.70. The van der Waals surface area contributed by atoms with Crippen LogP contribution < -0.4 is 0 Å². The van der Waals surface area contributed by atoms with Gasteiger partial charge in [-0.15, -0.1) is 0 Å². The largest absolute Gasteiger partial charge is 0.462 e. The Morgan fingerprint density at radius 3 is 1.19 bits per heavy atom. The minimum absolute atomic E-state index is 0.0657. The topological polar surface area (TPSA) is 61.8 Å². The van der Waals surface area contributed by atoms with Gasteiger partial charge >= 0.3 is 11.9 Å². The highest BCUT2D eigenvalue weighted by Gasteiger charge is 2.17. The van der Waals surface area contributed by atoms with E-state index in [2.05, 4.69) is 93.7 Å². The first-order chi connectivity index (χ1) is 30.6. The molecule has 0 rings (SSSR count). The molecule has 0 aromatic rings. The summed E-state index contributed by atoms with van der Waals surface area (Å²) >= 11 is 0.